The summed E-state index contributed by atoms with van der Waals surface area (Å²) in [4.78, 5) is 28.6. The van der Waals surface area contributed by atoms with E-state index in [0.29, 0.717) is 10.8 Å². The van der Waals surface area contributed by atoms with Gasteiger partial charge in [-0.2, -0.15) is 0 Å². The van der Waals surface area contributed by atoms with E-state index in [-0.39, 0.29) is 17.9 Å². The third-order valence-electron chi connectivity index (χ3n) is 3.90. The highest BCUT2D eigenvalue weighted by Crippen LogP contribution is 2.19. The highest BCUT2D eigenvalue weighted by molar-refractivity contribution is 7.14. The quantitative estimate of drug-likeness (QED) is 0.667. The number of benzene rings is 2. The summed E-state index contributed by atoms with van der Waals surface area (Å²) in [7, 11) is 0. The molecular formula is C20H18FN3O2S. The molecule has 5 nitrogen and oxygen atoms in total. The van der Waals surface area contributed by atoms with Crippen molar-refractivity contribution in [1.29, 1.82) is 0 Å². The third-order valence-corrected chi connectivity index (χ3v) is 4.71. The Labute approximate surface area is 160 Å². The van der Waals surface area contributed by atoms with Crippen LogP contribution in [-0.2, 0) is 17.6 Å². The molecule has 0 atom stereocenters. The summed E-state index contributed by atoms with van der Waals surface area (Å²) in [6.45, 7) is 2.02. The monoisotopic (exact) mass is 383 g/mol. The Hall–Kier alpha value is -3.06. The Morgan fingerprint density at radius 2 is 1.81 bits per heavy atom. The van der Waals surface area contributed by atoms with Crippen molar-refractivity contribution in [3.05, 3.63) is 76.5 Å². The number of carbonyl (C=O) groups is 2. The Morgan fingerprint density at radius 3 is 2.59 bits per heavy atom. The van der Waals surface area contributed by atoms with Gasteiger partial charge in [0.15, 0.2) is 5.13 Å². The average molecular weight is 383 g/mol. The van der Waals surface area contributed by atoms with Crippen molar-refractivity contribution in [2.45, 2.75) is 19.8 Å². The predicted octanol–water partition coefficient (Wildman–Crippen LogP) is 4.28. The summed E-state index contributed by atoms with van der Waals surface area (Å²) in [6, 6.07) is 13.4. The molecule has 0 saturated heterocycles. The number of para-hydroxylation sites is 1. The molecule has 0 aliphatic carbocycles. The van der Waals surface area contributed by atoms with Crippen LogP contribution in [0.25, 0.3) is 0 Å². The minimum Gasteiger partial charge on any atom is -0.325 e. The second kappa shape index (κ2) is 8.55. The number of nitrogens with one attached hydrogen (secondary N) is 2. The number of hydrogen-bond donors (Lipinski definition) is 2. The molecule has 0 aliphatic rings. The second-order valence-electron chi connectivity index (χ2n) is 5.81. The molecule has 138 valence electrons. The first-order valence-electron chi connectivity index (χ1n) is 8.45. The Bertz CT molecular complexity index is 971. The number of hydrogen-bond acceptors (Lipinski definition) is 4. The van der Waals surface area contributed by atoms with Gasteiger partial charge >= 0.3 is 0 Å². The lowest BCUT2D eigenvalue weighted by Crippen LogP contribution is -2.16. The van der Waals surface area contributed by atoms with Crippen LogP contribution in [0, 0.1) is 5.82 Å². The van der Waals surface area contributed by atoms with Crippen LogP contribution in [0.2, 0.25) is 0 Å². The lowest BCUT2D eigenvalue weighted by molar-refractivity contribution is -0.115. The van der Waals surface area contributed by atoms with Crippen molar-refractivity contribution in [2.75, 3.05) is 10.6 Å². The molecule has 3 rings (SSSR count). The molecule has 0 aliphatic heterocycles. The van der Waals surface area contributed by atoms with Gasteiger partial charge in [0, 0.05) is 11.1 Å². The molecule has 0 spiro atoms. The van der Waals surface area contributed by atoms with Crippen LogP contribution in [-0.4, -0.2) is 16.8 Å². The number of aryl methyl sites for hydroxylation is 1. The summed E-state index contributed by atoms with van der Waals surface area (Å²) >= 11 is 1.19. The van der Waals surface area contributed by atoms with Gasteiger partial charge in [0.1, 0.15) is 5.82 Å². The molecule has 0 unspecified atom stereocenters. The molecular weight excluding hydrogens is 365 g/mol. The number of anilines is 2. The van der Waals surface area contributed by atoms with Gasteiger partial charge in [-0.3, -0.25) is 14.9 Å². The molecule has 27 heavy (non-hydrogen) atoms. The zero-order valence-electron chi connectivity index (χ0n) is 14.7. The predicted molar refractivity (Wildman–Crippen MR) is 105 cm³/mol. The summed E-state index contributed by atoms with van der Waals surface area (Å²) in [5.41, 5.74) is 2.33. The second-order valence-corrected chi connectivity index (χ2v) is 6.67. The van der Waals surface area contributed by atoms with E-state index in [9.17, 15) is 14.0 Å². The maximum Gasteiger partial charge on any atom is 0.260 e. The van der Waals surface area contributed by atoms with E-state index in [1.54, 1.807) is 11.4 Å². The first-order chi connectivity index (χ1) is 13.1. The normalized spacial score (nSPS) is 10.4. The van der Waals surface area contributed by atoms with Crippen molar-refractivity contribution in [2.24, 2.45) is 0 Å². The summed E-state index contributed by atoms with van der Waals surface area (Å²) in [5, 5.41) is 7.46. The molecule has 0 radical (unpaired) electrons. The van der Waals surface area contributed by atoms with Crippen LogP contribution >= 0.6 is 11.3 Å². The SMILES string of the molecule is CCc1ccccc1NC(=O)Cc1csc(NC(=O)c2ccccc2F)n1. The highest BCUT2D eigenvalue weighted by Gasteiger charge is 2.14. The molecule has 2 N–H and O–H groups in total. The van der Waals surface area contributed by atoms with Crippen LogP contribution in [0.1, 0.15) is 28.5 Å². The fourth-order valence-corrected chi connectivity index (χ4v) is 3.27. The van der Waals surface area contributed by atoms with Crippen molar-refractivity contribution >= 4 is 34.0 Å². The van der Waals surface area contributed by atoms with Crippen molar-refractivity contribution in [3.63, 3.8) is 0 Å². The summed E-state index contributed by atoms with van der Waals surface area (Å²) < 4.78 is 13.7. The van der Waals surface area contributed by atoms with E-state index in [0.717, 1.165) is 17.7 Å². The summed E-state index contributed by atoms with van der Waals surface area (Å²) in [6.07, 6.45) is 0.906. The van der Waals surface area contributed by atoms with Crippen LogP contribution in [0.4, 0.5) is 15.2 Å². The maximum atomic E-state index is 13.7. The number of thiazole rings is 1. The zero-order chi connectivity index (χ0) is 19.2. The molecule has 0 saturated carbocycles. The van der Waals surface area contributed by atoms with Crippen molar-refractivity contribution < 1.29 is 14.0 Å². The van der Waals surface area contributed by atoms with E-state index < -0.39 is 11.7 Å². The third kappa shape index (κ3) is 4.77. The molecule has 1 aromatic heterocycles. The fraction of sp³-hybridized carbons (Fsp3) is 0.150. The Morgan fingerprint density at radius 1 is 1.07 bits per heavy atom. The van der Waals surface area contributed by atoms with E-state index in [1.165, 1.54) is 29.5 Å². The topological polar surface area (TPSA) is 71.1 Å². The fourth-order valence-electron chi connectivity index (χ4n) is 2.56. The van der Waals surface area contributed by atoms with Gasteiger partial charge in [0.05, 0.1) is 17.7 Å². The molecule has 2 amide bonds. The van der Waals surface area contributed by atoms with Gasteiger partial charge in [-0.05, 0) is 30.2 Å². The number of nitrogens with zero attached hydrogens (tertiary/aromatic N) is 1. The van der Waals surface area contributed by atoms with Gasteiger partial charge in [-0.1, -0.05) is 37.3 Å². The highest BCUT2D eigenvalue weighted by atomic mass is 32.1. The van der Waals surface area contributed by atoms with E-state index in [1.807, 2.05) is 31.2 Å². The molecule has 0 bridgehead atoms. The van der Waals surface area contributed by atoms with Gasteiger partial charge in [0.25, 0.3) is 5.91 Å². The lowest BCUT2D eigenvalue weighted by atomic mass is 10.1. The Kier molecular flexibility index (Phi) is 5.93. The largest absolute Gasteiger partial charge is 0.325 e. The lowest BCUT2D eigenvalue weighted by Gasteiger charge is -2.08. The maximum absolute atomic E-state index is 13.7. The molecule has 1 heterocycles. The van der Waals surface area contributed by atoms with Crippen molar-refractivity contribution in [1.82, 2.24) is 4.98 Å². The number of carbonyl (C=O) groups excluding carboxylic acids is 2. The van der Waals surface area contributed by atoms with Gasteiger partial charge in [-0.25, -0.2) is 9.37 Å². The van der Waals surface area contributed by atoms with E-state index >= 15 is 0 Å². The van der Waals surface area contributed by atoms with Gasteiger partial charge in [0.2, 0.25) is 5.91 Å². The number of rotatable bonds is 6. The zero-order valence-corrected chi connectivity index (χ0v) is 15.5. The molecule has 3 aromatic rings. The minimum atomic E-state index is -0.597. The standard InChI is InChI=1S/C20H18FN3O2S/c1-2-13-7-3-6-10-17(13)23-18(25)11-14-12-27-20(22-14)24-19(26)15-8-4-5-9-16(15)21/h3-10,12H,2,11H2,1H3,(H,23,25)(H,22,24,26). The smallest absolute Gasteiger partial charge is 0.260 e. The molecule has 7 heteroatoms. The van der Waals surface area contributed by atoms with Crippen LogP contribution < -0.4 is 10.6 Å². The van der Waals surface area contributed by atoms with Crippen LogP contribution in [0.15, 0.2) is 53.9 Å². The number of amides is 2. The first kappa shape index (κ1) is 18.7. The van der Waals surface area contributed by atoms with Gasteiger partial charge in [-0.15, -0.1) is 11.3 Å². The van der Waals surface area contributed by atoms with Crippen LogP contribution in [0.5, 0.6) is 0 Å². The summed E-state index contributed by atoms with van der Waals surface area (Å²) in [5.74, 6) is -1.36. The molecule has 2 aromatic carbocycles. The number of halogens is 1. The molecule has 0 fully saturated rings. The minimum absolute atomic E-state index is 0.0526. The van der Waals surface area contributed by atoms with Gasteiger partial charge < -0.3 is 5.32 Å². The average Bonchev–Trinajstić information content (AvgIpc) is 3.09. The van der Waals surface area contributed by atoms with Crippen LogP contribution in [0.3, 0.4) is 0 Å². The van der Waals surface area contributed by atoms with Crippen molar-refractivity contribution in [3.8, 4) is 0 Å². The number of aromatic nitrogens is 1. The van der Waals surface area contributed by atoms with E-state index in [4.69, 9.17) is 0 Å². The first-order valence-corrected chi connectivity index (χ1v) is 9.33. The van der Waals surface area contributed by atoms with E-state index in [2.05, 4.69) is 15.6 Å². The Balaban J connectivity index is 1.61.